The molecule has 2 aliphatic rings. The molecule has 0 radical (unpaired) electrons. The Balaban J connectivity index is 1.85. The van der Waals surface area contributed by atoms with Crippen molar-refractivity contribution in [3.63, 3.8) is 0 Å². The first-order chi connectivity index (χ1) is 14.9. The van der Waals surface area contributed by atoms with E-state index >= 15 is 0 Å². The van der Waals surface area contributed by atoms with Crippen molar-refractivity contribution in [3.8, 4) is 5.75 Å². The molecule has 4 rings (SSSR count). The molecule has 2 amide bonds. The summed E-state index contributed by atoms with van der Waals surface area (Å²) in [6, 6.07) is 15.0. The number of anilines is 1. The van der Waals surface area contributed by atoms with Crippen molar-refractivity contribution in [1.82, 2.24) is 0 Å². The fourth-order valence-corrected chi connectivity index (χ4v) is 5.15. The highest BCUT2D eigenvalue weighted by Crippen LogP contribution is 2.47. The number of phenols is 1. The van der Waals surface area contributed by atoms with Gasteiger partial charge in [0, 0.05) is 12.0 Å². The molecular weight excluding hydrogens is 396 g/mol. The summed E-state index contributed by atoms with van der Waals surface area (Å²) in [5.41, 5.74) is 0.116. The average molecular weight is 423 g/mol. The Kier molecular flexibility index (Phi) is 5.54. The number of nitrogens with zero attached hydrogens (tertiary/aromatic N) is 1. The van der Waals surface area contributed by atoms with Gasteiger partial charge in [0.15, 0.2) is 0 Å². The van der Waals surface area contributed by atoms with Gasteiger partial charge in [-0.2, -0.15) is 0 Å². The molecule has 31 heavy (non-hydrogen) atoms. The van der Waals surface area contributed by atoms with Crippen molar-refractivity contribution in [2.24, 2.45) is 11.8 Å². The zero-order valence-electron chi connectivity index (χ0n) is 17.7. The molecule has 3 N–H and O–H groups in total. The summed E-state index contributed by atoms with van der Waals surface area (Å²) in [7, 11) is 1.32. The molecule has 2 heterocycles. The number of unbranched alkanes of at least 4 members (excludes halogenated alkanes) is 1. The molecule has 2 fully saturated rings. The van der Waals surface area contributed by atoms with E-state index in [0.29, 0.717) is 12.1 Å². The van der Waals surface area contributed by atoms with Crippen molar-refractivity contribution in [2.75, 3.05) is 12.0 Å². The third-order valence-electron chi connectivity index (χ3n) is 6.57. The molecule has 2 aliphatic heterocycles. The number of amides is 2. The SMILES string of the molecule is CCCC[C@]1(C(=O)OC)[NH2+][C@@H](c2ccc(O)cc2)[C@H]2C(=O)N(c3ccccc3)C(=O)[C@@H]21. The van der Waals surface area contributed by atoms with E-state index in [0.717, 1.165) is 18.4 Å². The van der Waals surface area contributed by atoms with E-state index in [9.17, 15) is 19.5 Å². The zero-order valence-corrected chi connectivity index (χ0v) is 17.7. The monoisotopic (exact) mass is 423 g/mol. The first kappa shape index (κ1) is 21.1. The summed E-state index contributed by atoms with van der Waals surface area (Å²) >= 11 is 0. The number of carbonyl (C=O) groups is 3. The largest absolute Gasteiger partial charge is 0.508 e. The van der Waals surface area contributed by atoms with Gasteiger partial charge in [0.05, 0.1) is 12.8 Å². The maximum Gasteiger partial charge on any atom is 0.368 e. The molecule has 162 valence electrons. The van der Waals surface area contributed by atoms with Crippen LogP contribution in [0.25, 0.3) is 0 Å². The Hall–Kier alpha value is -3.19. The number of benzene rings is 2. The maximum atomic E-state index is 13.7. The van der Waals surface area contributed by atoms with Gasteiger partial charge in [-0.3, -0.25) is 9.59 Å². The van der Waals surface area contributed by atoms with Crippen LogP contribution in [-0.4, -0.2) is 35.5 Å². The minimum atomic E-state index is -1.17. The van der Waals surface area contributed by atoms with Gasteiger partial charge in [-0.25, -0.2) is 9.69 Å². The summed E-state index contributed by atoms with van der Waals surface area (Å²) < 4.78 is 5.18. The Bertz CT molecular complexity index is 991. The molecule has 7 nitrogen and oxygen atoms in total. The summed E-state index contributed by atoms with van der Waals surface area (Å²) in [6.07, 6.45) is 2.01. The normalized spacial score (nSPS) is 27.4. The minimum absolute atomic E-state index is 0.114. The fraction of sp³-hybridized carbons (Fsp3) is 0.375. The number of imide groups is 1. The Morgan fingerprint density at radius 1 is 1.10 bits per heavy atom. The van der Waals surface area contributed by atoms with E-state index in [1.165, 1.54) is 12.0 Å². The molecule has 0 aliphatic carbocycles. The van der Waals surface area contributed by atoms with Crippen LogP contribution in [0.5, 0.6) is 5.75 Å². The van der Waals surface area contributed by atoms with Crippen LogP contribution in [0.4, 0.5) is 5.69 Å². The average Bonchev–Trinajstić information content (AvgIpc) is 3.27. The lowest BCUT2D eigenvalue weighted by atomic mass is 9.76. The number of esters is 1. The number of fused-ring (bicyclic) bond motifs is 1. The number of phenolic OH excluding ortho intramolecular Hbond substituents is 1. The molecule has 0 aromatic heterocycles. The smallest absolute Gasteiger partial charge is 0.368 e. The highest BCUT2D eigenvalue weighted by atomic mass is 16.5. The van der Waals surface area contributed by atoms with Gasteiger partial charge in [-0.1, -0.05) is 31.5 Å². The minimum Gasteiger partial charge on any atom is -0.508 e. The van der Waals surface area contributed by atoms with E-state index in [1.807, 2.05) is 18.3 Å². The number of methoxy groups -OCH3 is 1. The first-order valence-electron chi connectivity index (χ1n) is 10.6. The van der Waals surface area contributed by atoms with Crippen molar-refractivity contribution < 1.29 is 29.5 Å². The number of ether oxygens (including phenoxy) is 1. The highest BCUT2D eigenvalue weighted by Gasteiger charge is 2.72. The van der Waals surface area contributed by atoms with Crippen LogP contribution in [0.3, 0.4) is 0 Å². The molecule has 0 unspecified atom stereocenters. The Morgan fingerprint density at radius 3 is 2.39 bits per heavy atom. The lowest BCUT2D eigenvalue weighted by Gasteiger charge is -2.29. The highest BCUT2D eigenvalue weighted by molar-refractivity contribution is 6.23. The molecule has 0 saturated carbocycles. The number of hydrogen-bond donors (Lipinski definition) is 2. The number of rotatable bonds is 6. The lowest BCUT2D eigenvalue weighted by molar-refractivity contribution is -0.734. The maximum absolute atomic E-state index is 13.7. The predicted molar refractivity (Wildman–Crippen MR) is 113 cm³/mol. The second kappa shape index (κ2) is 8.15. The molecule has 0 bridgehead atoms. The molecule has 0 spiro atoms. The first-order valence-corrected chi connectivity index (χ1v) is 10.6. The van der Waals surface area contributed by atoms with Crippen LogP contribution in [0, 0.1) is 11.8 Å². The van der Waals surface area contributed by atoms with Crippen LogP contribution in [-0.2, 0) is 19.1 Å². The van der Waals surface area contributed by atoms with Gasteiger partial charge >= 0.3 is 5.97 Å². The molecule has 2 aromatic carbocycles. The van der Waals surface area contributed by atoms with Gasteiger partial charge < -0.3 is 15.2 Å². The molecule has 7 heteroatoms. The molecule has 4 atom stereocenters. The van der Waals surface area contributed by atoms with Crippen LogP contribution in [0.15, 0.2) is 54.6 Å². The van der Waals surface area contributed by atoms with Crippen LogP contribution < -0.4 is 10.2 Å². The molecule has 2 saturated heterocycles. The number of hydrogen-bond acceptors (Lipinski definition) is 5. The zero-order chi connectivity index (χ0) is 22.2. The second-order valence-electron chi connectivity index (χ2n) is 8.27. The van der Waals surface area contributed by atoms with Gasteiger partial charge in [-0.15, -0.1) is 0 Å². The molecule has 2 aromatic rings. The second-order valence-corrected chi connectivity index (χ2v) is 8.27. The van der Waals surface area contributed by atoms with Gasteiger partial charge in [0.1, 0.15) is 23.6 Å². The van der Waals surface area contributed by atoms with Gasteiger partial charge in [0.25, 0.3) is 0 Å². The molecular formula is C24H27N2O5+. The van der Waals surface area contributed by atoms with Crippen LogP contribution in [0.2, 0.25) is 0 Å². The van der Waals surface area contributed by atoms with Gasteiger partial charge in [-0.05, 0) is 42.8 Å². The number of nitrogens with two attached hydrogens (primary N) is 1. The lowest BCUT2D eigenvalue weighted by Crippen LogP contribution is -2.98. The number of para-hydroxylation sites is 1. The fourth-order valence-electron chi connectivity index (χ4n) is 5.15. The standard InChI is InChI=1S/C24H26N2O5/c1-3-4-14-24(23(30)31-2)19-18(20(25-24)15-10-12-17(27)13-11-15)21(28)26(22(19)29)16-8-6-5-7-9-16/h5-13,18-20,25,27H,3-4,14H2,1-2H3/p+1/t18-,19+,20-,24-/m0/s1. The Morgan fingerprint density at radius 2 is 1.77 bits per heavy atom. The topological polar surface area (TPSA) is 101 Å². The van der Waals surface area contributed by atoms with Crippen molar-refractivity contribution in [2.45, 2.75) is 37.8 Å². The quantitative estimate of drug-likeness (QED) is 0.546. The van der Waals surface area contributed by atoms with E-state index in [1.54, 1.807) is 48.5 Å². The third kappa shape index (κ3) is 3.29. The number of aromatic hydroxyl groups is 1. The summed E-state index contributed by atoms with van der Waals surface area (Å²) in [5, 5.41) is 11.6. The van der Waals surface area contributed by atoms with E-state index in [2.05, 4.69) is 0 Å². The third-order valence-corrected chi connectivity index (χ3v) is 6.57. The van der Waals surface area contributed by atoms with Crippen molar-refractivity contribution in [3.05, 3.63) is 60.2 Å². The predicted octanol–water partition coefficient (Wildman–Crippen LogP) is 1.92. The van der Waals surface area contributed by atoms with E-state index in [-0.39, 0.29) is 17.6 Å². The van der Waals surface area contributed by atoms with E-state index < -0.39 is 29.4 Å². The van der Waals surface area contributed by atoms with Gasteiger partial charge in [0.2, 0.25) is 17.4 Å². The number of carbonyl (C=O) groups excluding carboxylic acids is 3. The summed E-state index contributed by atoms with van der Waals surface area (Å²) in [5.74, 6) is -2.55. The summed E-state index contributed by atoms with van der Waals surface area (Å²) in [6.45, 7) is 2.02. The van der Waals surface area contributed by atoms with E-state index in [4.69, 9.17) is 4.74 Å². The number of quaternary nitrogens is 1. The van der Waals surface area contributed by atoms with Crippen molar-refractivity contribution >= 4 is 23.5 Å². The summed E-state index contributed by atoms with van der Waals surface area (Å²) in [4.78, 5) is 41.6. The van der Waals surface area contributed by atoms with Crippen molar-refractivity contribution in [1.29, 1.82) is 0 Å². The van der Waals surface area contributed by atoms with Crippen LogP contribution >= 0.6 is 0 Å². The Labute approximate surface area is 181 Å². The van der Waals surface area contributed by atoms with Crippen LogP contribution in [0.1, 0.15) is 37.8 Å².